The number of fused-ring (bicyclic) bond motifs is 2. The number of hydrogen-bond donors (Lipinski definition) is 0. The van der Waals surface area contributed by atoms with E-state index < -0.39 is 0 Å². The molecule has 0 N–H and O–H groups in total. The summed E-state index contributed by atoms with van der Waals surface area (Å²) in [5, 5.41) is 0. The SMILES string of the molecule is CC1C(=O)N(C)c2ccc(C(=O)N3CCc4ccccc43)nc2N1C1CC1. The van der Waals surface area contributed by atoms with Gasteiger partial charge < -0.3 is 14.7 Å². The molecule has 1 atom stereocenters. The number of benzene rings is 1. The average molecular weight is 362 g/mol. The minimum absolute atomic E-state index is 0.0729. The van der Waals surface area contributed by atoms with Gasteiger partial charge in [0.05, 0.1) is 5.69 Å². The molecule has 1 unspecified atom stereocenters. The van der Waals surface area contributed by atoms with Crippen LogP contribution >= 0.6 is 0 Å². The summed E-state index contributed by atoms with van der Waals surface area (Å²) >= 11 is 0. The molecule has 6 heteroatoms. The van der Waals surface area contributed by atoms with Gasteiger partial charge in [-0.1, -0.05) is 18.2 Å². The first kappa shape index (κ1) is 16.3. The normalized spacial score (nSPS) is 21.3. The number of rotatable bonds is 2. The Hall–Kier alpha value is -2.89. The van der Waals surface area contributed by atoms with Gasteiger partial charge in [0.1, 0.15) is 11.7 Å². The second-order valence-electron chi connectivity index (χ2n) is 7.59. The van der Waals surface area contributed by atoms with E-state index in [1.807, 2.05) is 36.1 Å². The van der Waals surface area contributed by atoms with Crippen LogP contribution in [0.15, 0.2) is 36.4 Å². The standard InChI is InChI=1S/C21H22N4O2/c1-13-20(26)23(2)18-10-9-16(22-19(18)25(13)15-7-8-15)21(27)24-12-11-14-5-3-4-6-17(14)24/h3-6,9-10,13,15H,7-8,11-12H2,1-2H3. The van der Waals surface area contributed by atoms with Crippen LogP contribution in [-0.2, 0) is 11.2 Å². The van der Waals surface area contributed by atoms with E-state index in [9.17, 15) is 9.59 Å². The molecular weight excluding hydrogens is 340 g/mol. The van der Waals surface area contributed by atoms with E-state index >= 15 is 0 Å². The van der Waals surface area contributed by atoms with Crippen LogP contribution in [0.3, 0.4) is 0 Å². The molecule has 0 spiro atoms. The van der Waals surface area contributed by atoms with Crippen molar-refractivity contribution < 1.29 is 9.59 Å². The van der Waals surface area contributed by atoms with Crippen molar-refractivity contribution in [2.75, 3.05) is 28.3 Å². The summed E-state index contributed by atoms with van der Waals surface area (Å²) in [5.41, 5.74) is 3.39. The molecule has 2 aromatic rings. The van der Waals surface area contributed by atoms with Gasteiger partial charge in [-0.3, -0.25) is 9.59 Å². The molecule has 1 aromatic heterocycles. The first-order chi connectivity index (χ1) is 13.1. The van der Waals surface area contributed by atoms with E-state index in [0.717, 1.165) is 36.5 Å². The summed E-state index contributed by atoms with van der Waals surface area (Å²) in [6.07, 6.45) is 3.01. The van der Waals surface area contributed by atoms with Crippen molar-refractivity contribution in [3.8, 4) is 0 Å². The lowest BCUT2D eigenvalue weighted by molar-refractivity contribution is -0.119. The predicted octanol–water partition coefficient (Wildman–Crippen LogP) is 2.62. The zero-order chi connectivity index (χ0) is 18.7. The van der Waals surface area contributed by atoms with Gasteiger partial charge in [-0.05, 0) is 49.9 Å². The molecule has 5 rings (SSSR count). The Morgan fingerprint density at radius 1 is 1.11 bits per heavy atom. The van der Waals surface area contributed by atoms with E-state index in [1.54, 1.807) is 18.0 Å². The number of nitrogens with zero attached hydrogens (tertiary/aromatic N) is 4. The zero-order valence-corrected chi connectivity index (χ0v) is 15.6. The number of aromatic nitrogens is 1. The second-order valence-corrected chi connectivity index (χ2v) is 7.59. The highest BCUT2D eigenvalue weighted by molar-refractivity contribution is 6.08. The number of hydrogen-bond acceptors (Lipinski definition) is 4. The summed E-state index contributed by atoms with van der Waals surface area (Å²) in [7, 11) is 1.78. The van der Waals surface area contributed by atoms with Crippen molar-refractivity contribution in [2.24, 2.45) is 0 Å². The quantitative estimate of drug-likeness (QED) is 0.824. The summed E-state index contributed by atoms with van der Waals surface area (Å²) in [4.78, 5) is 36.1. The minimum atomic E-state index is -0.250. The van der Waals surface area contributed by atoms with Crippen molar-refractivity contribution in [3.63, 3.8) is 0 Å². The monoisotopic (exact) mass is 362 g/mol. The van der Waals surface area contributed by atoms with Crippen molar-refractivity contribution in [3.05, 3.63) is 47.7 Å². The lowest BCUT2D eigenvalue weighted by Gasteiger charge is -2.39. The van der Waals surface area contributed by atoms with Crippen molar-refractivity contribution >= 4 is 29.0 Å². The molecule has 2 amide bonds. The van der Waals surface area contributed by atoms with Crippen LogP contribution in [0.4, 0.5) is 17.2 Å². The van der Waals surface area contributed by atoms with Crippen LogP contribution in [0.5, 0.6) is 0 Å². The lowest BCUT2D eigenvalue weighted by Crippen LogP contribution is -2.52. The van der Waals surface area contributed by atoms with Gasteiger partial charge in [-0.2, -0.15) is 0 Å². The molecule has 3 heterocycles. The molecule has 1 aromatic carbocycles. The highest BCUT2D eigenvalue weighted by atomic mass is 16.2. The Morgan fingerprint density at radius 3 is 2.67 bits per heavy atom. The molecule has 2 aliphatic heterocycles. The topological polar surface area (TPSA) is 56.8 Å². The van der Waals surface area contributed by atoms with Crippen molar-refractivity contribution in [2.45, 2.75) is 38.3 Å². The van der Waals surface area contributed by atoms with Gasteiger partial charge in [0.2, 0.25) is 5.91 Å². The molecular formula is C21H22N4O2. The molecule has 0 bridgehead atoms. The first-order valence-corrected chi connectivity index (χ1v) is 9.53. The first-order valence-electron chi connectivity index (χ1n) is 9.53. The maximum atomic E-state index is 13.2. The Balaban J connectivity index is 1.54. The van der Waals surface area contributed by atoms with Crippen molar-refractivity contribution in [1.29, 1.82) is 0 Å². The number of para-hydroxylation sites is 1. The number of likely N-dealkylation sites (N-methyl/N-ethyl adjacent to an activating group) is 1. The second kappa shape index (κ2) is 5.81. The molecule has 1 fully saturated rings. The predicted molar refractivity (Wildman–Crippen MR) is 104 cm³/mol. The third-order valence-electron chi connectivity index (χ3n) is 5.86. The maximum absolute atomic E-state index is 13.2. The Labute approximate surface area is 158 Å². The van der Waals surface area contributed by atoms with Gasteiger partial charge >= 0.3 is 0 Å². The Kier molecular flexibility index (Phi) is 3.50. The van der Waals surface area contributed by atoms with Crippen molar-refractivity contribution in [1.82, 2.24) is 4.98 Å². The van der Waals surface area contributed by atoms with Gasteiger partial charge in [0.15, 0.2) is 5.82 Å². The van der Waals surface area contributed by atoms with Crippen LogP contribution < -0.4 is 14.7 Å². The lowest BCUT2D eigenvalue weighted by atomic mass is 10.1. The van der Waals surface area contributed by atoms with E-state index in [0.29, 0.717) is 18.3 Å². The molecule has 0 radical (unpaired) electrons. The number of anilines is 3. The molecule has 138 valence electrons. The van der Waals surface area contributed by atoms with Crippen LogP contribution in [0.2, 0.25) is 0 Å². The van der Waals surface area contributed by atoms with E-state index in [2.05, 4.69) is 11.0 Å². The molecule has 1 saturated carbocycles. The Bertz CT molecular complexity index is 953. The van der Waals surface area contributed by atoms with Gasteiger partial charge in [0, 0.05) is 25.3 Å². The van der Waals surface area contributed by atoms with E-state index in [4.69, 9.17) is 4.98 Å². The fourth-order valence-electron chi connectivity index (χ4n) is 4.24. The highest BCUT2D eigenvalue weighted by Crippen LogP contribution is 2.41. The number of amides is 2. The molecule has 27 heavy (non-hydrogen) atoms. The molecule has 6 nitrogen and oxygen atoms in total. The number of pyridine rings is 1. The molecule has 1 aliphatic carbocycles. The fraction of sp³-hybridized carbons (Fsp3) is 0.381. The largest absolute Gasteiger partial charge is 0.340 e. The Morgan fingerprint density at radius 2 is 1.89 bits per heavy atom. The fourth-order valence-corrected chi connectivity index (χ4v) is 4.24. The van der Waals surface area contributed by atoms with E-state index in [-0.39, 0.29) is 17.9 Å². The van der Waals surface area contributed by atoms with E-state index in [1.165, 1.54) is 5.56 Å². The van der Waals surface area contributed by atoms with Crippen LogP contribution in [-0.4, -0.2) is 42.5 Å². The summed E-state index contributed by atoms with van der Waals surface area (Å²) < 4.78 is 0. The van der Waals surface area contributed by atoms with Gasteiger partial charge in [0.25, 0.3) is 5.91 Å². The maximum Gasteiger partial charge on any atom is 0.276 e. The van der Waals surface area contributed by atoms with Crippen LogP contribution in [0, 0.1) is 0 Å². The highest BCUT2D eigenvalue weighted by Gasteiger charge is 2.42. The van der Waals surface area contributed by atoms with Gasteiger partial charge in [-0.25, -0.2) is 4.98 Å². The third kappa shape index (κ3) is 2.43. The number of carbonyl (C=O) groups excluding carboxylic acids is 2. The third-order valence-corrected chi connectivity index (χ3v) is 5.86. The smallest absolute Gasteiger partial charge is 0.276 e. The average Bonchev–Trinajstić information content (AvgIpc) is 3.43. The summed E-state index contributed by atoms with van der Waals surface area (Å²) in [6.45, 7) is 2.60. The summed E-state index contributed by atoms with van der Waals surface area (Å²) in [5.74, 6) is 0.750. The number of carbonyl (C=O) groups is 2. The molecule has 3 aliphatic rings. The molecule has 0 saturated heterocycles. The zero-order valence-electron chi connectivity index (χ0n) is 15.6. The summed E-state index contributed by atoms with van der Waals surface area (Å²) in [6, 6.07) is 11.7. The minimum Gasteiger partial charge on any atom is -0.340 e. The van der Waals surface area contributed by atoms with Crippen LogP contribution in [0.1, 0.15) is 35.8 Å². The van der Waals surface area contributed by atoms with Crippen LogP contribution in [0.25, 0.3) is 0 Å². The van der Waals surface area contributed by atoms with Gasteiger partial charge in [-0.15, -0.1) is 0 Å².